The van der Waals surface area contributed by atoms with E-state index >= 15 is 0 Å². The van der Waals surface area contributed by atoms with Gasteiger partial charge in [-0.1, -0.05) is 59.3 Å². The average Bonchev–Trinajstić information content (AvgIpc) is 3.49. The molecular formula is C38H70BN7O8. The van der Waals surface area contributed by atoms with E-state index in [1.807, 2.05) is 6.92 Å². The van der Waals surface area contributed by atoms with E-state index < -0.39 is 72.6 Å². The smallest absolute Gasteiger partial charge is 0.404 e. The highest BCUT2D eigenvalue weighted by molar-refractivity contribution is 6.47. The van der Waals surface area contributed by atoms with Crippen LogP contribution in [-0.2, 0) is 33.3 Å². The van der Waals surface area contributed by atoms with Crippen LogP contribution in [-0.4, -0.2) is 103 Å². The Morgan fingerprint density at radius 1 is 0.778 bits per heavy atom. The van der Waals surface area contributed by atoms with Gasteiger partial charge in [0, 0.05) is 13.0 Å². The van der Waals surface area contributed by atoms with E-state index in [1.54, 1.807) is 0 Å². The van der Waals surface area contributed by atoms with Crippen molar-refractivity contribution < 1.29 is 38.4 Å². The van der Waals surface area contributed by atoms with Gasteiger partial charge in [-0.15, -0.1) is 0 Å². The Hall–Kier alpha value is -2.79. The summed E-state index contributed by atoms with van der Waals surface area (Å²) in [5, 5.41) is 23.7. The first-order valence-corrected chi connectivity index (χ1v) is 20.4. The molecule has 1 aliphatic heterocycles. The maximum atomic E-state index is 13.6. The van der Waals surface area contributed by atoms with Gasteiger partial charge in [0.15, 0.2) is 0 Å². The van der Waals surface area contributed by atoms with Crippen molar-refractivity contribution >= 4 is 36.7 Å². The van der Waals surface area contributed by atoms with Crippen LogP contribution in [0, 0.1) is 17.3 Å². The zero-order valence-corrected chi connectivity index (χ0v) is 33.8. The number of hydrogen-bond acceptors (Lipinski definition) is 10. The Morgan fingerprint density at radius 3 is 2.04 bits per heavy atom. The fourth-order valence-electron chi connectivity index (χ4n) is 8.33. The van der Waals surface area contributed by atoms with Crippen LogP contribution in [0.5, 0.6) is 0 Å². The standard InChI is InChI=1S/C38H70BN7O8/c1-8-9-10-11-12-13-14-18-31(48)44-28(22-41)35(51)46-32(24(3)47)36(52)42-23(2)33(49)45-27(17-15-16-19-40)34(50)43-25(4)39-53-30-21-26-20-29(37(26,5)6)38(30,7)54-39/h23-30,32,47H,8-22,40-41H2,1-7H3,(H,42,52)(H,43,50)(H,44,48)(H,45,49)(H,46,51)/t23-,24+,25-,26-,27-,28-,29-,30?,32-,38-/m0/s1. The van der Waals surface area contributed by atoms with Gasteiger partial charge in [0.05, 0.1) is 23.8 Å². The van der Waals surface area contributed by atoms with E-state index in [-0.39, 0.29) is 30.4 Å². The third kappa shape index (κ3) is 11.9. The van der Waals surface area contributed by atoms with E-state index in [2.05, 4.69) is 54.3 Å². The normalized spacial score (nSPS) is 25.8. The van der Waals surface area contributed by atoms with Crippen molar-refractivity contribution in [1.29, 1.82) is 0 Å². The molecule has 0 radical (unpaired) electrons. The molecule has 4 rings (SSSR count). The Morgan fingerprint density at radius 2 is 1.43 bits per heavy atom. The van der Waals surface area contributed by atoms with Gasteiger partial charge in [-0.3, -0.25) is 24.0 Å². The predicted octanol–water partition coefficient (Wildman–Crippen LogP) is 1.33. The fourth-order valence-corrected chi connectivity index (χ4v) is 8.33. The zero-order valence-electron chi connectivity index (χ0n) is 33.8. The fraction of sp³-hybridized carbons (Fsp3) is 0.868. The van der Waals surface area contributed by atoms with Gasteiger partial charge in [0.1, 0.15) is 24.2 Å². The van der Waals surface area contributed by atoms with Gasteiger partial charge in [0.25, 0.3) is 0 Å². The van der Waals surface area contributed by atoms with Gasteiger partial charge in [-0.2, -0.15) is 0 Å². The van der Waals surface area contributed by atoms with Crippen molar-refractivity contribution in [2.45, 2.75) is 180 Å². The largest absolute Gasteiger partial charge is 0.481 e. The number of aliphatic hydroxyl groups is 1. The lowest BCUT2D eigenvalue weighted by atomic mass is 9.43. The molecular weight excluding hydrogens is 693 g/mol. The van der Waals surface area contributed by atoms with Crippen molar-refractivity contribution in [2.24, 2.45) is 28.7 Å². The SMILES string of the molecule is CCCCCCCCCC(=O)N[C@@H](CN)C(=O)N[C@H](C(=O)N[C@@H](C)C(=O)N[C@@H](CCCCN)C(=O)N[C@@H](C)B1OC2C[C@@H]3C[C@@H](C3(C)C)[C@]2(C)O1)[C@@H](C)O. The molecule has 10 N–H and O–H groups in total. The molecule has 1 heterocycles. The van der Waals surface area contributed by atoms with Gasteiger partial charge < -0.3 is 52.5 Å². The van der Waals surface area contributed by atoms with Crippen LogP contribution in [0.15, 0.2) is 0 Å². The molecule has 5 amide bonds. The predicted molar refractivity (Wildman–Crippen MR) is 207 cm³/mol. The van der Waals surface area contributed by atoms with E-state index in [0.29, 0.717) is 44.1 Å². The summed E-state index contributed by atoms with van der Waals surface area (Å²) >= 11 is 0. The van der Waals surface area contributed by atoms with Crippen molar-refractivity contribution in [3.8, 4) is 0 Å². The van der Waals surface area contributed by atoms with Crippen molar-refractivity contribution in [2.75, 3.05) is 13.1 Å². The number of aliphatic hydroxyl groups excluding tert-OH is 1. The Kier molecular flexibility index (Phi) is 17.7. The minimum atomic E-state index is -1.44. The first kappa shape index (κ1) is 45.6. The highest BCUT2D eigenvalue weighted by atomic mass is 16.7. The lowest BCUT2D eigenvalue weighted by Gasteiger charge is -2.64. The van der Waals surface area contributed by atoms with E-state index in [0.717, 1.165) is 32.1 Å². The summed E-state index contributed by atoms with van der Waals surface area (Å²) in [6.45, 7) is 13.6. The number of unbranched alkanes of at least 4 members (excludes halogenated alkanes) is 7. The number of nitrogens with two attached hydrogens (primary N) is 2. The maximum absolute atomic E-state index is 13.6. The van der Waals surface area contributed by atoms with Crippen molar-refractivity contribution in [1.82, 2.24) is 26.6 Å². The van der Waals surface area contributed by atoms with E-state index in [1.165, 1.54) is 33.1 Å². The Labute approximate surface area is 322 Å². The molecule has 3 aliphatic carbocycles. The van der Waals surface area contributed by atoms with Crippen molar-refractivity contribution in [3.05, 3.63) is 0 Å². The monoisotopic (exact) mass is 764 g/mol. The molecule has 1 saturated heterocycles. The van der Waals surface area contributed by atoms with Crippen LogP contribution in [0.2, 0.25) is 0 Å². The summed E-state index contributed by atoms with van der Waals surface area (Å²) in [7, 11) is -0.636. The van der Waals surface area contributed by atoms with Crippen LogP contribution in [0.1, 0.15) is 132 Å². The molecule has 0 aromatic rings. The lowest BCUT2D eigenvalue weighted by molar-refractivity contribution is -0.199. The number of amides is 5. The van der Waals surface area contributed by atoms with Crippen LogP contribution in [0.3, 0.4) is 0 Å². The quantitative estimate of drug-likeness (QED) is 0.0519. The zero-order chi connectivity index (χ0) is 40.2. The minimum absolute atomic E-state index is 0.0435. The Bertz CT molecular complexity index is 1270. The molecule has 4 fully saturated rings. The lowest BCUT2D eigenvalue weighted by Crippen LogP contribution is -2.65. The van der Waals surface area contributed by atoms with Crippen molar-refractivity contribution in [3.63, 3.8) is 0 Å². The second-order valence-corrected chi connectivity index (χ2v) is 16.7. The molecule has 15 nitrogen and oxygen atoms in total. The Balaban J connectivity index is 1.52. The van der Waals surface area contributed by atoms with E-state index in [4.69, 9.17) is 20.8 Å². The second-order valence-electron chi connectivity index (χ2n) is 16.7. The molecule has 16 heteroatoms. The highest BCUT2D eigenvalue weighted by Gasteiger charge is 2.68. The topological polar surface area (TPSA) is 236 Å². The van der Waals surface area contributed by atoms with Crippen LogP contribution in [0.4, 0.5) is 0 Å². The van der Waals surface area contributed by atoms with Gasteiger partial charge in [-0.05, 0) is 90.0 Å². The molecule has 2 bridgehead atoms. The summed E-state index contributed by atoms with van der Waals surface area (Å²) in [5.74, 6) is -2.48. The summed E-state index contributed by atoms with van der Waals surface area (Å²) in [5.41, 5.74) is 11.2. The van der Waals surface area contributed by atoms with Gasteiger partial charge >= 0.3 is 7.12 Å². The number of nitrogens with one attached hydrogen (secondary N) is 5. The third-order valence-corrected chi connectivity index (χ3v) is 12.0. The van der Waals surface area contributed by atoms with Crippen LogP contribution in [0.25, 0.3) is 0 Å². The average molecular weight is 764 g/mol. The molecule has 3 saturated carbocycles. The number of hydrogen-bond donors (Lipinski definition) is 8. The van der Waals surface area contributed by atoms with Crippen LogP contribution < -0.4 is 38.1 Å². The first-order valence-electron chi connectivity index (χ1n) is 20.4. The molecule has 4 aliphatic rings. The molecule has 0 aromatic carbocycles. The summed E-state index contributed by atoms with van der Waals surface area (Å²) in [6.07, 6.45) is 9.73. The molecule has 1 unspecified atom stereocenters. The molecule has 308 valence electrons. The number of carbonyl (C=O) groups is 5. The first-order chi connectivity index (χ1) is 25.5. The number of rotatable bonds is 24. The molecule has 54 heavy (non-hydrogen) atoms. The summed E-state index contributed by atoms with van der Waals surface area (Å²) < 4.78 is 12.9. The van der Waals surface area contributed by atoms with Crippen LogP contribution >= 0.6 is 0 Å². The molecule has 0 spiro atoms. The maximum Gasteiger partial charge on any atom is 0.481 e. The number of carbonyl (C=O) groups excluding carboxylic acids is 5. The van der Waals surface area contributed by atoms with Gasteiger partial charge in [0.2, 0.25) is 29.5 Å². The van der Waals surface area contributed by atoms with E-state index in [9.17, 15) is 29.1 Å². The van der Waals surface area contributed by atoms with Gasteiger partial charge in [-0.25, -0.2) is 0 Å². The minimum Gasteiger partial charge on any atom is -0.404 e. The summed E-state index contributed by atoms with van der Waals surface area (Å²) in [4.78, 5) is 65.7. The molecule has 0 aromatic heterocycles. The summed E-state index contributed by atoms with van der Waals surface area (Å²) in [6, 6.07) is -4.63. The molecule has 10 atom stereocenters. The third-order valence-electron chi connectivity index (χ3n) is 12.0. The highest BCUT2D eigenvalue weighted by Crippen LogP contribution is 2.65. The second kappa shape index (κ2) is 20.9.